The summed E-state index contributed by atoms with van der Waals surface area (Å²) >= 11 is 0. The average molecular weight is 236 g/mol. The summed E-state index contributed by atoms with van der Waals surface area (Å²) in [5, 5.41) is 15.0. The van der Waals surface area contributed by atoms with Gasteiger partial charge in [0.05, 0.1) is 0 Å². The number of amidine groups is 1. The van der Waals surface area contributed by atoms with Gasteiger partial charge in [-0.3, -0.25) is 4.98 Å². The van der Waals surface area contributed by atoms with E-state index in [4.69, 9.17) is 10.9 Å². The van der Waals surface area contributed by atoms with Crippen LogP contribution in [0.2, 0.25) is 0 Å². The van der Waals surface area contributed by atoms with Gasteiger partial charge in [-0.2, -0.15) is 0 Å². The summed E-state index contributed by atoms with van der Waals surface area (Å²) in [6, 6.07) is 4.33. The van der Waals surface area contributed by atoms with E-state index in [0.717, 1.165) is 12.0 Å². The van der Waals surface area contributed by atoms with Gasteiger partial charge in [-0.05, 0) is 25.0 Å². The predicted molar refractivity (Wildman–Crippen MR) is 67.9 cm³/mol. The largest absolute Gasteiger partial charge is 0.409 e. The summed E-state index contributed by atoms with van der Waals surface area (Å²) in [4.78, 5) is 4.09. The van der Waals surface area contributed by atoms with Crippen molar-refractivity contribution in [3.05, 3.63) is 30.1 Å². The Balaban J connectivity index is 2.57. The molecule has 0 saturated heterocycles. The summed E-state index contributed by atoms with van der Waals surface area (Å²) in [5.41, 5.74) is 6.64. The van der Waals surface area contributed by atoms with E-state index < -0.39 is 0 Å². The first-order valence-electron chi connectivity index (χ1n) is 5.79. The van der Waals surface area contributed by atoms with Gasteiger partial charge in [0, 0.05) is 30.9 Å². The first-order valence-corrected chi connectivity index (χ1v) is 5.79. The summed E-state index contributed by atoms with van der Waals surface area (Å²) in [6.07, 6.45) is 5.05. The van der Waals surface area contributed by atoms with Gasteiger partial charge >= 0.3 is 0 Å². The van der Waals surface area contributed by atoms with Crippen LogP contribution in [0.1, 0.15) is 38.3 Å². The van der Waals surface area contributed by atoms with Crippen molar-refractivity contribution in [1.29, 1.82) is 0 Å². The average Bonchev–Trinajstić information content (AvgIpc) is 2.38. The molecule has 0 spiro atoms. The lowest BCUT2D eigenvalue weighted by Gasteiger charge is -2.21. The number of oxime groups is 1. The monoisotopic (exact) mass is 236 g/mol. The van der Waals surface area contributed by atoms with Crippen LogP contribution in [-0.4, -0.2) is 22.1 Å². The Hall–Kier alpha value is -1.62. The van der Waals surface area contributed by atoms with E-state index in [-0.39, 0.29) is 17.9 Å². The normalized spacial score (nSPS) is 15.5. The van der Waals surface area contributed by atoms with Gasteiger partial charge in [0.25, 0.3) is 0 Å². The first-order chi connectivity index (χ1) is 8.17. The molecule has 4 N–H and O–H groups in total. The Morgan fingerprint density at radius 2 is 2.41 bits per heavy atom. The maximum absolute atomic E-state index is 8.56. The molecule has 0 aromatic carbocycles. The first kappa shape index (κ1) is 13.4. The number of aromatic nitrogens is 1. The second-order valence-electron chi connectivity index (χ2n) is 4.08. The molecule has 1 unspecified atom stereocenters. The zero-order chi connectivity index (χ0) is 12.7. The number of hydrogen-bond acceptors (Lipinski definition) is 4. The fraction of sp³-hybridized carbons (Fsp3) is 0.500. The van der Waals surface area contributed by atoms with Crippen LogP contribution in [0.4, 0.5) is 0 Å². The molecule has 0 fully saturated rings. The topological polar surface area (TPSA) is 83.5 Å². The van der Waals surface area contributed by atoms with Gasteiger partial charge in [0.2, 0.25) is 0 Å². The third-order valence-corrected chi connectivity index (χ3v) is 2.75. The molecular weight excluding hydrogens is 216 g/mol. The highest BCUT2D eigenvalue weighted by Crippen LogP contribution is 2.12. The van der Waals surface area contributed by atoms with Gasteiger partial charge in [-0.15, -0.1) is 0 Å². The van der Waals surface area contributed by atoms with Crippen LogP contribution < -0.4 is 11.1 Å². The molecule has 1 rings (SSSR count). The molecule has 1 heterocycles. The summed E-state index contributed by atoms with van der Waals surface area (Å²) in [7, 11) is 0. The van der Waals surface area contributed by atoms with Crippen LogP contribution in [0.3, 0.4) is 0 Å². The molecule has 0 aliphatic carbocycles. The van der Waals surface area contributed by atoms with Gasteiger partial charge in [0.1, 0.15) is 5.84 Å². The van der Waals surface area contributed by atoms with Crippen molar-refractivity contribution in [1.82, 2.24) is 10.3 Å². The Labute approximate surface area is 102 Å². The van der Waals surface area contributed by atoms with Crippen molar-refractivity contribution >= 4 is 5.84 Å². The number of rotatable bonds is 6. The van der Waals surface area contributed by atoms with Crippen molar-refractivity contribution in [2.45, 2.75) is 38.8 Å². The number of nitrogens with one attached hydrogen (secondary N) is 1. The zero-order valence-corrected chi connectivity index (χ0v) is 10.3. The molecule has 0 bridgehead atoms. The van der Waals surface area contributed by atoms with E-state index in [9.17, 15) is 0 Å². The van der Waals surface area contributed by atoms with Crippen molar-refractivity contribution in [3.63, 3.8) is 0 Å². The molecule has 0 radical (unpaired) electrons. The lowest BCUT2D eigenvalue weighted by Crippen LogP contribution is -2.35. The van der Waals surface area contributed by atoms with Crippen molar-refractivity contribution < 1.29 is 5.21 Å². The van der Waals surface area contributed by atoms with E-state index in [0.29, 0.717) is 6.42 Å². The molecule has 1 aromatic heterocycles. The van der Waals surface area contributed by atoms with Gasteiger partial charge in [-0.1, -0.05) is 18.1 Å². The molecular formula is C12H20N4O. The third-order valence-electron chi connectivity index (χ3n) is 2.75. The van der Waals surface area contributed by atoms with Crippen LogP contribution in [0.15, 0.2) is 29.7 Å². The second-order valence-corrected chi connectivity index (χ2v) is 4.08. The molecule has 0 amide bonds. The Kier molecular flexibility index (Phi) is 5.42. The SMILES string of the molecule is CCC(C/C(N)=N/O)N[C@@H](C)c1cccnc1. The minimum absolute atomic E-state index is 0.195. The smallest absolute Gasteiger partial charge is 0.140 e. The fourth-order valence-corrected chi connectivity index (χ4v) is 1.70. The van der Waals surface area contributed by atoms with E-state index in [1.807, 2.05) is 18.3 Å². The van der Waals surface area contributed by atoms with Crippen molar-refractivity contribution in [3.8, 4) is 0 Å². The highest BCUT2D eigenvalue weighted by atomic mass is 16.4. The van der Waals surface area contributed by atoms with Crippen LogP contribution in [0, 0.1) is 0 Å². The molecule has 1 aromatic rings. The molecule has 5 nitrogen and oxygen atoms in total. The molecule has 0 saturated carbocycles. The third kappa shape index (κ3) is 4.40. The highest BCUT2D eigenvalue weighted by molar-refractivity contribution is 5.80. The minimum Gasteiger partial charge on any atom is -0.409 e. The Bertz CT molecular complexity index is 353. The van der Waals surface area contributed by atoms with E-state index in [1.54, 1.807) is 6.20 Å². The van der Waals surface area contributed by atoms with Gasteiger partial charge in [-0.25, -0.2) is 0 Å². The summed E-state index contributed by atoms with van der Waals surface area (Å²) < 4.78 is 0. The van der Waals surface area contributed by atoms with Gasteiger partial charge < -0.3 is 16.3 Å². The molecule has 2 atom stereocenters. The lowest BCUT2D eigenvalue weighted by atomic mass is 10.1. The van der Waals surface area contributed by atoms with Crippen LogP contribution in [0.25, 0.3) is 0 Å². The fourth-order valence-electron chi connectivity index (χ4n) is 1.70. The van der Waals surface area contributed by atoms with E-state index >= 15 is 0 Å². The van der Waals surface area contributed by atoms with E-state index in [1.165, 1.54) is 0 Å². The number of nitrogens with two attached hydrogens (primary N) is 1. The van der Waals surface area contributed by atoms with Crippen LogP contribution >= 0.6 is 0 Å². The number of pyridine rings is 1. The minimum atomic E-state index is 0.195. The highest BCUT2D eigenvalue weighted by Gasteiger charge is 2.13. The molecule has 5 heteroatoms. The zero-order valence-electron chi connectivity index (χ0n) is 10.3. The molecule has 0 aliphatic rings. The predicted octanol–water partition coefficient (Wildman–Crippen LogP) is 1.65. The summed E-state index contributed by atoms with van der Waals surface area (Å²) in [5.74, 6) is 0.253. The Morgan fingerprint density at radius 3 is 2.94 bits per heavy atom. The van der Waals surface area contributed by atoms with E-state index in [2.05, 4.69) is 29.3 Å². The number of hydrogen-bond donors (Lipinski definition) is 3. The maximum Gasteiger partial charge on any atom is 0.140 e. The Morgan fingerprint density at radius 1 is 1.65 bits per heavy atom. The molecule has 94 valence electrons. The maximum atomic E-state index is 8.56. The lowest BCUT2D eigenvalue weighted by molar-refractivity contribution is 0.315. The standard InChI is InChI=1S/C12H20N4O/c1-3-11(7-12(13)16-17)15-9(2)10-5-4-6-14-8-10/h4-6,8-9,11,15,17H,3,7H2,1-2H3,(H2,13,16)/t9-,11?/m0/s1. The van der Waals surface area contributed by atoms with Gasteiger partial charge in [0.15, 0.2) is 0 Å². The second kappa shape index (κ2) is 6.85. The van der Waals surface area contributed by atoms with Crippen LogP contribution in [-0.2, 0) is 0 Å². The number of nitrogens with zero attached hydrogens (tertiary/aromatic N) is 2. The quantitative estimate of drug-likeness (QED) is 0.303. The van der Waals surface area contributed by atoms with Crippen LogP contribution in [0.5, 0.6) is 0 Å². The van der Waals surface area contributed by atoms with Crippen molar-refractivity contribution in [2.75, 3.05) is 0 Å². The molecule has 17 heavy (non-hydrogen) atoms. The molecule has 0 aliphatic heterocycles. The van der Waals surface area contributed by atoms with Crippen molar-refractivity contribution in [2.24, 2.45) is 10.9 Å². The summed E-state index contributed by atoms with van der Waals surface area (Å²) in [6.45, 7) is 4.14.